The van der Waals surface area contributed by atoms with Gasteiger partial charge in [-0.15, -0.1) is 11.3 Å². The van der Waals surface area contributed by atoms with E-state index in [1.165, 1.54) is 0 Å². The molecular weight excluding hydrogens is 234 g/mol. The second-order valence-corrected chi connectivity index (χ2v) is 4.80. The van der Waals surface area contributed by atoms with E-state index in [2.05, 4.69) is 4.98 Å². The van der Waals surface area contributed by atoms with Crippen LogP contribution in [0.5, 0.6) is 0 Å². The monoisotopic (exact) mass is 249 g/mol. The number of rotatable bonds is 5. The molecule has 0 amide bonds. The van der Waals surface area contributed by atoms with Crippen LogP contribution < -0.4 is 0 Å². The van der Waals surface area contributed by atoms with Gasteiger partial charge in [-0.3, -0.25) is 0 Å². The summed E-state index contributed by atoms with van der Waals surface area (Å²) in [7, 11) is 1.67. The average molecular weight is 249 g/mol. The summed E-state index contributed by atoms with van der Waals surface area (Å²) in [5.74, 6) is 0. The summed E-state index contributed by atoms with van der Waals surface area (Å²) in [4.78, 5) is 4.17. The summed E-state index contributed by atoms with van der Waals surface area (Å²) in [6.07, 6.45) is 1.84. The Morgan fingerprint density at radius 1 is 1.35 bits per heavy atom. The zero-order chi connectivity index (χ0) is 12.1. The van der Waals surface area contributed by atoms with Crippen LogP contribution in [0.1, 0.15) is 22.2 Å². The van der Waals surface area contributed by atoms with Crippen molar-refractivity contribution in [2.75, 3.05) is 7.11 Å². The minimum absolute atomic E-state index is 0.488. The largest absolute Gasteiger partial charge is 0.388 e. The summed E-state index contributed by atoms with van der Waals surface area (Å²) in [6, 6.07) is 7.83. The molecule has 1 unspecified atom stereocenters. The van der Waals surface area contributed by atoms with Crippen molar-refractivity contribution in [3.8, 4) is 0 Å². The third kappa shape index (κ3) is 3.36. The Morgan fingerprint density at radius 2 is 2.12 bits per heavy atom. The van der Waals surface area contributed by atoms with Crippen LogP contribution in [-0.4, -0.2) is 17.2 Å². The third-order valence-electron chi connectivity index (χ3n) is 2.53. The standard InChI is InChI=1S/C13H15NO2S/c1-16-9-10-2-4-11(5-3-10)12(15)8-13-14-6-7-17-13/h2-7,12,15H,8-9H2,1H3. The van der Waals surface area contributed by atoms with E-state index < -0.39 is 6.10 Å². The van der Waals surface area contributed by atoms with Crippen molar-refractivity contribution in [1.82, 2.24) is 4.98 Å². The Hall–Kier alpha value is -1.23. The highest BCUT2D eigenvalue weighted by Gasteiger charge is 2.09. The van der Waals surface area contributed by atoms with Gasteiger partial charge in [0.1, 0.15) is 0 Å². The Balaban J connectivity index is 2.01. The first kappa shape index (κ1) is 12.2. The normalized spacial score (nSPS) is 12.6. The van der Waals surface area contributed by atoms with Crippen LogP contribution in [-0.2, 0) is 17.8 Å². The summed E-state index contributed by atoms with van der Waals surface area (Å²) in [6.45, 7) is 0.600. The Bertz CT molecular complexity index is 439. The molecule has 0 aliphatic rings. The first-order valence-corrected chi connectivity index (χ1v) is 6.32. The van der Waals surface area contributed by atoms with Gasteiger partial charge in [-0.2, -0.15) is 0 Å². The van der Waals surface area contributed by atoms with Gasteiger partial charge in [-0.05, 0) is 11.1 Å². The van der Waals surface area contributed by atoms with Gasteiger partial charge >= 0.3 is 0 Å². The highest BCUT2D eigenvalue weighted by Crippen LogP contribution is 2.20. The Morgan fingerprint density at radius 3 is 2.71 bits per heavy atom. The molecule has 0 radical (unpaired) electrons. The summed E-state index contributed by atoms with van der Waals surface area (Å²) in [5.41, 5.74) is 2.03. The van der Waals surface area contributed by atoms with Crippen LogP contribution in [0.25, 0.3) is 0 Å². The van der Waals surface area contributed by atoms with Crippen molar-refractivity contribution in [2.45, 2.75) is 19.1 Å². The minimum atomic E-state index is -0.488. The lowest BCUT2D eigenvalue weighted by Gasteiger charge is -2.10. The molecule has 1 aromatic heterocycles. The number of benzene rings is 1. The molecule has 1 aromatic carbocycles. The van der Waals surface area contributed by atoms with Crippen LogP contribution in [0.3, 0.4) is 0 Å². The molecule has 2 aromatic rings. The molecule has 0 spiro atoms. The number of aromatic nitrogens is 1. The highest BCUT2D eigenvalue weighted by atomic mass is 32.1. The van der Waals surface area contributed by atoms with E-state index in [1.807, 2.05) is 29.6 Å². The first-order valence-electron chi connectivity index (χ1n) is 5.44. The van der Waals surface area contributed by atoms with Gasteiger partial charge in [0.05, 0.1) is 17.7 Å². The van der Waals surface area contributed by atoms with Crippen LogP contribution in [0.15, 0.2) is 35.8 Å². The quantitative estimate of drug-likeness (QED) is 0.885. The maximum Gasteiger partial charge on any atom is 0.0954 e. The lowest BCUT2D eigenvalue weighted by Crippen LogP contribution is -2.01. The predicted molar refractivity (Wildman–Crippen MR) is 67.9 cm³/mol. The molecule has 0 saturated carbocycles. The zero-order valence-corrected chi connectivity index (χ0v) is 10.5. The van der Waals surface area contributed by atoms with E-state index in [4.69, 9.17) is 4.74 Å². The molecule has 0 fully saturated rings. The molecule has 1 atom stereocenters. The SMILES string of the molecule is COCc1ccc(C(O)Cc2nccs2)cc1. The maximum absolute atomic E-state index is 10.0. The molecule has 17 heavy (non-hydrogen) atoms. The van der Waals surface area contributed by atoms with Crippen LogP contribution in [0, 0.1) is 0 Å². The smallest absolute Gasteiger partial charge is 0.0954 e. The van der Waals surface area contributed by atoms with E-state index in [0.717, 1.165) is 16.1 Å². The van der Waals surface area contributed by atoms with E-state index in [1.54, 1.807) is 24.6 Å². The zero-order valence-electron chi connectivity index (χ0n) is 9.67. The third-order valence-corrected chi connectivity index (χ3v) is 3.33. The second kappa shape index (κ2) is 5.91. The molecular formula is C13H15NO2S. The molecule has 3 nitrogen and oxygen atoms in total. The maximum atomic E-state index is 10.0. The molecule has 0 aliphatic carbocycles. The van der Waals surface area contributed by atoms with Gasteiger partial charge in [0.25, 0.3) is 0 Å². The fraction of sp³-hybridized carbons (Fsp3) is 0.308. The molecule has 1 heterocycles. The van der Waals surface area contributed by atoms with Gasteiger partial charge in [-0.1, -0.05) is 24.3 Å². The molecule has 0 saturated heterocycles. The molecule has 0 bridgehead atoms. The number of hydrogen-bond donors (Lipinski definition) is 1. The van der Waals surface area contributed by atoms with Crippen LogP contribution >= 0.6 is 11.3 Å². The summed E-state index contributed by atoms with van der Waals surface area (Å²) in [5, 5.41) is 12.9. The number of hydrogen-bond acceptors (Lipinski definition) is 4. The van der Waals surface area contributed by atoms with Gasteiger partial charge < -0.3 is 9.84 Å². The Labute approximate surface area is 105 Å². The van der Waals surface area contributed by atoms with Gasteiger partial charge in [0.15, 0.2) is 0 Å². The molecule has 2 rings (SSSR count). The number of thiazole rings is 1. The van der Waals surface area contributed by atoms with Gasteiger partial charge in [0.2, 0.25) is 0 Å². The topological polar surface area (TPSA) is 42.4 Å². The van der Waals surface area contributed by atoms with Crippen molar-refractivity contribution < 1.29 is 9.84 Å². The summed E-state index contributed by atoms with van der Waals surface area (Å²) >= 11 is 1.57. The number of nitrogens with zero attached hydrogens (tertiary/aromatic N) is 1. The fourth-order valence-corrected chi connectivity index (χ4v) is 2.29. The van der Waals surface area contributed by atoms with Crippen molar-refractivity contribution >= 4 is 11.3 Å². The second-order valence-electron chi connectivity index (χ2n) is 3.82. The molecule has 4 heteroatoms. The van der Waals surface area contributed by atoms with Gasteiger partial charge in [-0.25, -0.2) is 4.98 Å². The summed E-state index contributed by atoms with van der Waals surface area (Å²) < 4.78 is 5.04. The van der Waals surface area contributed by atoms with Gasteiger partial charge in [0, 0.05) is 25.1 Å². The van der Waals surface area contributed by atoms with Crippen LogP contribution in [0.4, 0.5) is 0 Å². The van der Waals surface area contributed by atoms with E-state index in [-0.39, 0.29) is 0 Å². The molecule has 1 N–H and O–H groups in total. The van der Waals surface area contributed by atoms with E-state index >= 15 is 0 Å². The number of aliphatic hydroxyl groups is 1. The van der Waals surface area contributed by atoms with Crippen LogP contribution in [0.2, 0.25) is 0 Å². The van der Waals surface area contributed by atoms with Crippen molar-refractivity contribution in [3.63, 3.8) is 0 Å². The molecule has 90 valence electrons. The Kier molecular flexibility index (Phi) is 4.25. The number of aliphatic hydroxyl groups excluding tert-OH is 1. The van der Waals surface area contributed by atoms with E-state index in [0.29, 0.717) is 13.0 Å². The lowest BCUT2D eigenvalue weighted by molar-refractivity contribution is 0.177. The van der Waals surface area contributed by atoms with E-state index in [9.17, 15) is 5.11 Å². The van der Waals surface area contributed by atoms with Crippen molar-refractivity contribution in [1.29, 1.82) is 0 Å². The molecule has 0 aliphatic heterocycles. The fourth-order valence-electron chi connectivity index (χ4n) is 1.64. The predicted octanol–water partition coefficient (Wildman–Crippen LogP) is 2.57. The highest BCUT2D eigenvalue weighted by molar-refractivity contribution is 7.09. The number of ether oxygens (including phenoxy) is 1. The minimum Gasteiger partial charge on any atom is -0.388 e. The first-order chi connectivity index (χ1) is 8.29. The van der Waals surface area contributed by atoms with Crippen molar-refractivity contribution in [3.05, 3.63) is 52.0 Å². The average Bonchev–Trinajstić information content (AvgIpc) is 2.83. The lowest BCUT2D eigenvalue weighted by atomic mass is 10.1. The van der Waals surface area contributed by atoms with Crippen molar-refractivity contribution in [2.24, 2.45) is 0 Å². The number of methoxy groups -OCH3 is 1.